The molecule has 0 spiro atoms. The number of hydrogen-bond donors (Lipinski definition) is 0. The number of methoxy groups -OCH3 is 1. The molecule has 1 heterocycles. The van der Waals surface area contributed by atoms with Gasteiger partial charge in [0, 0.05) is 18.8 Å². The van der Waals surface area contributed by atoms with Crippen LogP contribution in [0.3, 0.4) is 0 Å². The summed E-state index contributed by atoms with van der Waals surface area (Å²) < 4.78 is 7.44. The topological polar surface area (TPSA) is 14.2 Å². The van der Waals surface area contributed by atoms with Crippen molar-refractivity contribution < 1.29 is 4.74 Å². The van der Waals surface area contributed by atoms with Crippen LogP contribution in [-0.2, 0) is 11.5 Å². The zero-order valence-corrected chi connectivity index (χ0v) is 11.4. The number of fused-ring (bicyclic) bond motifs is 1. The van der Waals surface area contributed by atoms with Crippen LogP contribution in [0.1, 0.15) is 0 Å². The molecular formula is C13H19NOSi. The van der Waals surface area contributed by atoms with Crippen molar-refractivity contribution in [1.29, 1.82) is 0 Å². The lowest BCUT2D eigenvalue weighted by molar-refractivity contribution is 0.135. The van der Waals surface area contributed by atoms with Crippen molar-refractivity contribution in [3.63, 3.8) is 0 Å². The first-order valence-corrected chi connectivity index (χ1v) is 9.11. The number of aromatic nitrogens is 1. The molecule has 2 aromatic rings. The van der Waals surface area contributed by atoms with E-state index in [0.717, 1.165) is 0 Å². The van der Waals surface area contributed by atoms with Crippen molar-refractivity contribution in [2.75, 3.05) is 7.11 Å². The Morgan fingerprint density at radius 3 is 2.56 bits per heavy atom. The fourth-order valence-corrected chi connectivity index (χ4v) is 3.71. The molecule has 0 amide bonds. The zero-order chi connectivity index (χ0) is 11.8. The molecule has 0 bridgehead atoms. The molecule has 16 heavy (non-hydrogen) atoms. The second-order valence-electron chi connectivity index (χ2n) is 5.20. The third-order valence-electron chi connectivity index (χ3n) is 2.86. The van der Waals surface area contributed by atoms with Crippen LogP contribution in [-0.4, -0.2) is 19.8 Å². The van der Waals surface area contributed by atoms with Gasteiger partial charge in [-0.1, -0.05) is 37.8 Å². The van der Waals surface area contributed by atoms with Crippen molar-refractivity contribution in [3.8, 4) is 0 Å². The van der Waals surface area contributed by atoms with Crippen LogP contribution in [0, 0.1) is 0 Å². The van der Waals surface area contributed by atoms with Crippen LogP contribution in [0.15, 0.2) is 30.5 Å². The minimum Gasteiger partial charge on any atom is -0.364 e. The molecule has 0 radical (unpaired) electrons. The summed E-state index contributed by atoms with van der Waals surface area (Å²) in [4.78, 5) is 0. The molecule has 0 aliphatic heterocycles. The molecule has 1 aromatic carbocycles. The highest BCUT2D eigenvalue weighted by atomic mass is 28.3. The molecule has 2 rings (SSSR count). The van der Waals surface area contributed by atoms with E-state index in [1.165, 1.54) is 16.1 Å². The first kappa shape index (κ1) is 11.4. The van der Waals surface area contributed by atoms with Gasteiger partial charge in [-0.3, -0.25) is 0 Å². The third-order valence-corrected chi connectivity index (χ3v) is 4.88. The average Bonchev–Trinajstić information content (AvgIpc) is 2.61. The van der Waals surface area contributed by atoms with Crippen molar-refractivity contribution in [2.24, 2.45) is 0 Å². The monoisotopic (exact) mass is 233 g/mol. The largest absolute Gasteiger partial charge is 0.364 e. The summed E-state index contributed by atoms with van der Waals surface area (Å²) in [6.07, 6.45) is 2.11. The van der Waals surface area contributed by atoms with Gasteiger partial charge in [-0.05, 0) is 16.6 Å². The Morgan fingerprint density at radius 1 is 1.19 bits per heavy atom. The van der Waals surface area contributed by atoms with Gasteiger partial charge in [-0.25, -0.2) is 0 Å². The van der Waals surface area contributed by atoms with Gasteiger partial charge in [-0.15, -0.1) is 0 Å². The minimum absolute atomic E-state index is 0.630. The van der Waals surface area contributed by atoms with Gasteiger partial charge in [0.15, 0.2) is 0 Å². The van der Waals surface area contributed by atoms with E-state index in [9.17, 15) is 0 Å². The SMILES string of the molecule is COCn1ccc2cccc([Si](C)(C)C)c21. The number of benzene rings is 1. The second kappa shape index (κ2) is 4.07. The van der Waals surface area contributed by atoms with Gasteiger partial charge in [0.1, 0.15) is 6.73 Å². The van der Waals surface area contributed by atoms with E-state index in [1.54, 1.807) is 7.11 Å². The van der Waals surface area contributed by atoms with Gasteiger partial charge < -0.3 is 9.30 Å². The first-order valence-electron chi connectivity index (χ1n) is 5.61. The highest BCUT2D eigenvalue weighted by Crippen LogP contribution is 2.17. The predicted octanol–water partition coefficient (Wildman–Crippen LogP) is 2.79. The van der Waals surface area contributed by atoms with Crippen molar-refractivity contribution in [3.05, 3.63) is 30.5 Å². The fraction of sp³-hybridized carbons (Fsp3) is 0.385. The summed E-state index contributed by atoms with van der Waals surface area (Å²) >= 11 is 0. The maximum atomic E-state index is 5.24. The average molecular weight is 233 g/mol. The minimum atomic E-state index is -1.30. The number of nitrogens with zero attached hydrogens (tertiary/aromatic N) is 1. The Morgan fingerprint density at radius 2 is 1.94 bits per heavy atom. The fourth-order valence-electron chi connectivity index (χ4n) is 2.11. The van der Waals surface area contributed by atoms with Gasteiger partial charge in [0.25, 0.3) is 0 Å². The molecule has 3 heteroatoms. The van der Waals surface area contributed by atoms with Gasteiger partial charge in [0.05, 0.1) is 8.07 Å². The first-order chi connectivity index (χ1) is 7.54. The highest BCUT2D eigenvalue weighted by molar-refractivity contribution is 6.90. The smallest absolute Gasteiger partial charge is 0.122 e. The lowest BCUT2D eigenvalue weighted by Gasteiger charge is -2.19. The van der Waals surface area contributed by atoms with Gasteiger partial charge in [-0.2, -0.15) is 0 Å². The molecule has 0 saturated carbocycles. The molecule has 0 aliphatic rings. The summed E-state index contributed by atoms with van der Waals surface area (Å²) in [5, 5.41) is 2.82. The van der Waals surface area contributed by atoms with Crippen LogP contribution in [0.5, 0.6) is 0 Å². The van der Waals surface area contributed by atoms with E-state index in [0.29, 0.717) is 6.73 Å². The maximum Gasteiger partial charge on any atom is 0.122 e. The number of para-hydroxylation sites is 1. The number of ether oxygens (including phenoxy) is 1. The molecular weight excluding hydrogens is 214 g/mol. The van der Waals surface area contributed by atoms with Crippen molar-refractivity contribution in [2.45, 2.75) is 26.4 Å². The molecule has 0 N–H and O–H groups in total. The predicted molar refractivity (Wildman–Crippen MR) is 71.9 cm³/mol. The Balaban J connectivity index is 2.68. The van der Waals surface area contributed by atoms with Crippen molar-refractivity contribution in [1.82, 2.24) is 4.57 Å². The van der Waals surface area contributed by atoms with E-state index in [-0.39, 0.29) is 0 Å². The quantitative estimate of drug-likeness (QED) is 0.744. The molecule has 2 nitrogen and oxygen atoms in total. The van der Waals surface area contributed by atoms with Gasteiger partial charge in [0.2, 0.25) is 0 Å². The number of hydrogen-bond acceptors (Lipinski definition) is 1. The maximum absolute atomic E-state index is 5.24. The Labute approximate surface area is 97.9 Å². The van der Waals surface area contributed by atoms with Crippen LogP contribution in [0.25, 0.3) is 10.9 Å². The van der Waals surface area contributed by atoms with Crippen LogP contribution in [0.4, 0.5) is 0 Å². The lowest BCUT2D eigenvalue weighted by atomic mass is 10.2. The van der Waals surface area contributed by atoms with Gasteiger partial charge >= 0.3 is 0 Å². The Hall–Kier alpha value is -1.06. The van der Waals surface area contributed by atoms with Crippen molar-refractivity contribution >= 4 is 24.2 Å². The van der Waals surface area contributed by atoms with E-state index >= 15 is 0 Å². The Kier molecular flexibility index (Phi) is 2.91. The normalized spacial score (nSPS) is 12.2. The summed E-state index contributed by atoms with van der Waals surface area (Å²) in [5.74, 6) is 0. The standard InChI is InChI=1S/C13H19NOSi/c1-15-10-14-9-8-11-6-5-7-12(13(11)14)16(2,3)4/h5-9H,10H2,1-4H3. The summed E-state index contributed by atoms with van der Waals surface area (Å²) in [6.45, 7) is 7.77. The lowest BCUT2D eigenvalue weighted by Crippen LogP contribution is -2.38. The molecule has 86 valence electrons. The van der Waals surface area contributed by atoms with E-state index < -0.39 is 8.07 Å². The summed E-state index contributed by atoms with van der Waals surface area (Å²) in [5.41, 5.74) is 1.35. The second-order valence-corrected chi connectivity index (χ2v) is 10.2. The van der Waals surface area contributed by atoms with Crippen LogP contribution >= 0.6 is 0 Å². The summed E-state index contributed by atoms with van der Waals surface area (Å²) in [6, 6.07) is 8.76. The highest BCUT2D eigenvalue weighted by Gasteiger charge is 2.20. The molecule has 0 fully saturated rings. The van der Waals surface area contributed by atoms with E-state index in [4.69, 9.17) is 4.74 Å². The van der Waals surface area contributed by atoms with Crippen LogP contribution < -0.4 is 5.19 Å². The van der Waals surface area contributed by atoms with E-state index in [1.807, 2.05) is 0 Å². The number of rotatable bonds is 3. The molecule has 0 aliphatic carbocycles. The molecule has 1 aromatic heterocycles. The molecule has 0 saturated heterocycles. The van der Waals surface area contributed by atoms with Crippen LogP contribution in [0.2, 0.25) is 19.6 Å². The zero-order valence-electron chi connectivity index (χ0n) is 10.4. The Bertz CT molecular complexity index is 496. The summed E-state index contributed by atoms with van der Waals surface area (Å²) in [7, 11) is 0.441. The molecule has 0 atom stereocenters. The third kappa shape index (κ3) is 1.93. The van der Waals surface area contributed by atoms with E-state index in [2.05, 4.69) is 54.7 Å². The molecule has 0 unspecified atom stereocenters.